The van der Waals surface area contributed by atoms with Gasteiger partial charge in [0.1, 0.15) is 5.73 Å². The molecule has 1 aliphatic heterocycles. The first-order valence-electron chi connectivity index (χ1n) is 8.38. The maximum Gasteiger partial charge on any atom is 0.525 e. The van der Waals surface area contributed by atoms with Crippen LogP contribution in [0.1, 0.15) is 53.5 Å². The lowest BCUT2D eigenvalue weighted by Crippen LogP contribution is -2.41. The van der Waals surface area contributed by atoms with Gasteiger partial charge in [-0.25, -0.2) is 4.39 Å². The van der Waals surface area contributed by atoms with Crippen LogP contribution in [0.5, 0.6) is 0 Å². The highest BCUT2D eigenvalue weighted by molar-refractivity contribution is 6.55. The Morgan fingerprint density at radius 2 is 1.88 bits per heavy atom. The Hall–Kier alpha value is -1.18. The number of ether oxygens (including phenoxy) is 1. The van der Waals surface area contributed by atoms with Crippen LogP contribution in [0.4, 0.5) is 4.39 Å². The predicted molar refractivity (Wildman–Crippen MR) is 93.0 cm³/mol. The molecule has 0 saturated carbocycles. The molecule has 134 valence electrons. The predicted octanol–water partition coefficient (Wildman–Crippen LogP) is 3.55. The zero-order chi connectivity index (χ0) is 18.1. The number of halogens is 1. The van der Waals surface area contributed by atoms with Crippen LogP contribution in [0.25, 0.3) is 5.57 Å². The van der Waals surface area contributed by atoms with Crippen molar-refractivity contribution < 1.29 is 18.4 Å². The van der Waals surface area contributed by atoms with Gasteiger partial charge in [0.05, 0.1) is 30.1 Å². The Bertz CT molecular complexity index is 595. The van der Waals surface area contributed by atoms with Gasteiger partial charge >= 0.3 is 7.12 Å². The summed E-state index contributed by atoms with van der Waals surface area (Å²) in [7, 11) is 0.794. The lowest BCUT2D eigenvalue weighted by atomic mass is 9.82. The van der Waals surface area contributed by atoms with Gasteiger partial charge in [-0.2, -0.15) is 5.10 Å². The van der Waals surface area contributed by atoms with E-state index < -0.39 is 24.0 Å². The molecule has 1 saturated heterocycles. The summed E-state index contributed by atoms with van der Waals surface area (Å²) in [5, 5.41) is 4.14. The van der Waals surface area contributed by atoms with Gasteiger partial charge in [-0.05, 0) is 53.5 Å². The third-order valence-corrected chi connectivity index (χ3v) is 4.61. The molecule has 0 bridgehead atoms. The summed E-state index contributed by atoms with van der Waals surface area (Å²) in [5.74, 6) is 0. The van der Waals surface area contributed by atoms with Crippen LogP contribution in [-0.4, -0.2) is 40.8 Å². The molecule has 5 nitrogen and oxygen atoms in total. The van der Waals surface area contributed by atoms with E-state index in [-0.39, 0.29) is 6.10 Å². The second-order valence-corrected chi connectivity index (χ2v) is 7.49. The van der Waals surface area contributed by atoms with Crippen molar-refractivity contribution in [3.8, 4) is 0 Å². The average molecular weight is 338 g/mol. The van der Waals surface area contributed by atoms with Crippen molar-refractivity contribution in [2.45, 2.75) is 65.3 Å². The minimum Gasteiger partial charge on any atom is -0.398 e. The van der Waals surface area contributed by atoms with Gasteiger partial charge in [0, 0.05) is 18.8 Å². The smallest absolute Gasteiger partial charge is 0.398 e. The van der Waals surface area contributed by atoms with Crippen molar-refractivity contribution in [1.29, 1.82) is 0 Å². The first-order chi connectivity index (χ1) is 11.0. The molecule has 0 unspecified atom stereocenters. The second kappa shape index (κ2) is 6.98. The summed E-state index contributed by atoms with van der Waals surface area (Å²) in [6, 6.07) is 0. The molecule has 0 radical (unpaired) electrons. The molecule has 2 heterocycles. The van der Waals surface area contributed by atoms with E-state index in [4.69, 9.17) is 14.0 Å². The molecule has 0 spiro atoms. The summed E-state index contributed by atoms with van der Waals surface area (Å²) < 4.78 is 34.1. The average Bonchev–Trinajstić information content (AvgIpc) is 2.95. The summed E-state index contributed by atoms with van der Waals surface area (Å²) in [6.45, 7) is 12.0. The lowest BCUT2D eigenvalue weighted by Gasteiger charge is -2.32. The number of rotatable bonds is 6. The number of hydrogen-bond donors (Lipinski definition) is 0. The molecule has 7 heteroatoms. The molecule has 1 aromatic rings. The van der Waals surface area contributed by atoms with Crippen molar-refractivity contribution in [2.24, 2.45) is 7.05 Å². The first kappa shape index (κ1) is 19.2. The summed E-state index contributed by atoms with van der Waals surface area (Å²) in [6.07, 6.45) is 3.96. The number of hydrogen-bond acceptors (Lipinski definition) is 4. The standard InChI is InChI=1S/C17H28BFN2O3/c1-12(2)22-9-8-14(13-10-20-21(7)11-13)15(19)18-23-16(3,4)17(5,6)24-18/h10-12H,8-9H2,1-7H3. The van der Waals surface area contributed by atoms with E-state index in [0.29, 0.717) is 18.6 Å². The molecule has 1 aliphatic rings. The zero-order valence-electron chi connectivity index (χ0n) is 15.7. The van der Waals surface area contributed by atoms with Crippen LogP contribution < -0.4 is 0 Å². The fourth-order valence-corrected chi connectivity index (χ4v) is 2.46. The van der Waals surface area contributed by atoms with Gasteiger partial charge in [0.2, 0.25) is 0 Å². The summed E-state index contributed by atoms with van der Waals surface area (Å²) in [5.41, 5.74) is -0.333. The van der Waals surface area contributed by atoms with E-state index in [0.717, 1.165) is 5.56 Å². The van der Waals surface area contributed by atoms with Crippen LogP contribution in [0.2, 0.25) is 0 Å². The Kier molecular flexibility index (Phi) is 5.57. The Labute approximate surface area is 144 Å². The van der Waals surface area contributed by atoms with E-state index in [1.54, 1.807) is 24.1 Å². The van der Waals surface area contributed by atoms with Gasteiger partial charge < -0.3 is 14.0 Å². The molecule has 0 atom stereocenters. The molecule has 1 aromatic heterocycles. The molecular formula is C17H28BFN2O3. The molecule has 0 N–H and O–H groups in total. The Balaban J connectivity index is 2.29. The quantitative estimate of drug-likeness (QED) is 0.744. The highest BCUT2D eigenvalue weighted by Crippen LogP contribution is 2.40. The monoisotopic (exact) mass is 338 g/mol. The van der Waals surface area contributed by atoms with Crippen molar-refractivity contribution in [3.05, 3.63) is 23.7 Å². The number of aromatic nitrogens is 2. The maximum atomic E-state index is 15.2. The Morgan fingerprint density at radius 3 is 2.33 bits per heavy atom. The van der Waals surface area contributed by atoms with Crippen molar-refractivity contribution in [3.63, 3.8) is 0 Å². The maximum absolute atomic E-state index is 15.2. The fraction of sp³-hybridized carbons (Fsp3) is 0.706. The zero-order valence-corrected chi connectivity index (χ0v) is 15.7. The number of nitrogens with zero attached hydrogens (tertiary/aromatic N) is 2. The molecule has 2 rings (SSSR count). The van der Waals surface area contributed by atoms with Crippen molar-refractivity contribution in [1.82, 2.24) is 9.78 Å². The van der Waals surface area contributed by atoms with Gasteiger partial charge in [-0.1, -0.05) is 0 Å². The van der Waals surface area contributed by atoms with Crippen LogP contribution >= 0.6 is 0 Å². The third kappa shape index (κ3) is 4.07. The first-order valence-corrected chi connectivity index (χ1v) is 8.38. The highest BCUT2D eigenvalue weighted by Gasteiger charge is 2.53. The van der Waals surface area contributed by atoms with Gasteiger partial charge in [0.15, 0.2) is 0 Å². The van der Waals surface area contributed by atoms with E-state index >= 15 is 4.39 Å². The van der Waals surface area contributed by atoms with Crippen LogP contribution in [0.3, 0.4) is 0 Å². The SMILES string of the molecule is CC(C)OCCC(=C(F)B1OC(C)(C)C(C)(C)O1)c1cnn(C)c1. The third-order valence-electron chi connectivity index (χ3n) is 4.61. The van der Waals surface area contributed by atoms with Crippen LogP contribution in [-0.2, 0) is 21.1 Å². The molecule has 24 heavy (non-hydrogen) atoms. The minimum atomic E-state index is -1.01. The van der Waals surface area contributed by atoms with Crippen LogP contribution in [0.15, 0.2) is 18.1 Å². The largest absolute Gasteiger partial charge is 0.525 e. The molecular weight excluding hydrogens is 310 g/mol. The minimum absolute atomic E-state index is 0.0973. The summed E-state index contributed by atoms with van der Waals surface area (Å²) in [4.78, 5) is 0. The second-order valence-electron chi connectivity index (χ2n) is 7.49. The Morgan fingerprint density at radius 1 is 1.29 bits per heavy atom. The highest BCUT2D eigenvalue weighted by atomic mass is 19.1. The molecule has 0 aromatic carbocycles. The molecule has 0 aliphatic carbocycles. The molecule has 0 amide bonds. The van der Waals surface area contributed by atoms with Crippen molar-refractivity contribution >= 4 is 12.7 Å². The molecule has 1 fully saturated rings. The number of aryl methyl sites for hydroxylation is 1. The lowest BCUT2D eigenvalue weighted by molar-refractivity contribution is 0.00578. The van der Waals surface area contributed by atoms with E-state index in [1.807, 2.05) is 41.5 Å². The fourth-order valence-electron chi connectivity index (χ4n) is 2.46. The van der Waals surface area contributed by atoms with Gasteiger partial charge in [-0.15, -0.1) is 0 Å². The van der Waals surface area contributed by atoms with E-state index in [1.165, 1.54) is 0 Å². The van der Waals surface area contributed by atoms with E-state index in [2.05, 4.69) is 5.10 Å². The van der Waals surface area contributed by atoms with Crippen LogP contribution in [0, 0.1) is 0 Å². The van der Waals surface area contributed by atoms with Crippen molar-refractivity contribution in [2.75, 3.05) is 6.61 Å². The summed E-state index contributed by atoms with van der Waals surface area (Å²) >= 11 is 0. The van der Waals surface area contributed by atoms with Gasteiger partial charge in [0.25, 0.3) is 0 Å². The van der Waals surface area contributed by atoms with Gasteiger partial charge in [-0.3, -0.25) is 4.68 Å². The topological polar surface area (TPSA) is 45.5 Å². The van der Waals surface area contributed by atoms with E-state index in [9.17, 15) is 0 Å². The normalized spacial score (nSPS) is 20.6.